The van der Waals surface area contributed by atoms with E-state index in [0.717, 1.165) is 51.9 Å². The first-order valence-electron chi connectivity index (χ1n) is 24.6. The fourth-order valence-electron chi connectivity index (χ4n) is 10.1. The molecule has 0 saturated carbocycles. The van der Waals surface area contributed by atoms with Gasteiger partial charge in [0.05, 0.1) is 30.6 Å². The van der Waals surface area contributed by atoms with Gasteiger partial charge < -0.3 is 39.0 Å². The second-order valence-corrected chi connectivity index (χ2v) is 20.3. The van der Waals surface area contributed by atoms with Crippen LogP contribution in [0.1, 0.15) is 83.7 Å². The van der Waals surface area contributed by atoms with Crippen molar-refractivity contribution in [2.24, 2.45) is 11.3 Å². The molecule has 2 fully saturated rings. The fraction of sp³-hybridized carbons (Fsp3) is 0.547. The van der Waals surface area contributed by atoms with Crippen LogP contribution in [0, 0.1) is 11.3 Å². The number of esters is 1. The molecule has 3 aliphatic heterocycles. The normalized spacial score (nSPS) is 21.2. The van der Waals surface area contributed by atoms with E-state index in [9.17, 15) is 29.1 Å². The topological polar surface area (TPSA) is 188 Å². The number of phenolic OH excluding ortho intramolecular Hbond substituents is 1. The maximum atomic E-state index is 14.8. The minimum absolute atomic E-state index is 0.0199. The highest BCUT2D eigenvalue weighted by Crippen LogP contribution is 2.42. The average molecular weight is 965 g/mol. The Morgan fingerprint density at radius 2 is 1.83 bits per heavy atom. The Morgan fingerprint density at radius 1 is 1.06 bits per heavy atom. The zero-order valence-corrected chi connectivity index (χ0v) is 42.5. The molecule has 4 aromatic rings. The lowest BCUT2D eigenvalue weighted by molar-refractivity contribution is -0.155. The van der Waals surface area contributed by atoms with Crippen molar-refractivity contribution in [2.75, 3.05) is 67.7 Å². The van der Waals surface area contributed by atoms with Crippen LogP contribution in [0.3, 0.4) is 0 Å². The predicted octanol–water partition coefficient (Wildman–Crippen LogP) is 5.11. The Kier molecular flexibility index (Phi) is 16.4. The summed E-state index contributed by atoms with van der Waals surface area (Å²) in [7, 11) is 6.42. The SMILES string of the molecule is CCn1c(-c2cccnc2[C@H](C)OC)c2c3cc(ccc31)-c1cc(O)cc(c1)C[C@H](NC(=O)C(C(C)C)N(C)C(=O)CN(C)C(=O)[C@@H]1CN1CCCOC)C(=O)N1CCC[C@H](N1)C(=O)OCC(C)(C)C2. The first kappa shape index (κ1) is 52.0. The molecular weight excluding hydrogens is 893 g/mol. The van der Waals surface area contributed by atoms with Gasteiger partial charge in [0.2, 0.25) is 17.7 Å². The largest absolute Gasteiger partial charge is 0.508 e. The number of methoxy groups -OCH3 is 2. The summed E-state index contributed by atoms with van der Waals surface area (Å²) in [6.45, 7) is 14.6. The van der Waals surface area contributed by atoms with E-state index >= 15 is 0 Å². The van der Waals surface area contributed by atoms with Crippen LogP contribution in [0.2, 0.25) is 0 Å². The van der Waals surface area contributed by atoms with Gasteiger partial charge in [0, 0.05) is 95.6 Å². The Labute approximate surface area is 411 Å². The maximum absolute atomic E-state index is 14.8. The third-order valence-electron chi connectivity index (χ3n) is 13.9. The van der Waals surface area contributed by atoms with Crippen LogP contribution in [0.4, 0.5) is 0 Å². The van der Waals surface area contributed by atoms with Crippen molar-refractivity contribution in [3.05, 3.63) is 71.5 Å². The van der Waals surface area contributed by atoms with Crippen molar-refractivity contribution in [3.63, 3.8) is 0 Å². The predicted molar refractivity (Wildman–Crippen MR) is 266 cm³/mol. The number of nitrogens with zero attached hydrogens (tertiary/aromatic N) is 6. The third kappa shape index (κ3) is 11.5. The second kappa shape index (κ2) is 22.0. The number of likely N-dealkylation sites (N-methyl/N-ethyl adjacent to an activating group) is 2. The molecule has 2 unspecified atom stereocenters. The number of hydrogen-bond donors (Lipinski definition) is 3. The van der Waals surface area contributed by atoms with Crippen LogP contribution in [0.15, 0.2) is 54.7 Å². The van der Waals surface area contributed by atoms with E-state index in [1.807, 2.05) is 43.9 Å². The smallest absolute Gasteiger partial charge is 0.324 e. The molecule has 6 atom stereocenters. The van der Waals surface area contributed by atoms with Crippen molar-refractivity contribution in [2.45, 2.75) is 110 Å². The Morgan fingerprint density at radius 3 is 2.54 bits per heavy atom. The van der Waals surface area contributed by atoms with Gasteiger partial charge in [-0.25, -0.2) is 5.43 Å². The van der Waals surface area contributed by atoms with Gasteiger partial charge in [0.25, 0.3) is 5.91 Å². The number of ether oxygens (including phenoxy) is 3. The van der Waals surface area contributed by atoms with Crippen LogP contribution < -0.4 is 10.7 Å². The van der Waals surface area contributed by atoms with Gasteiger partial charge in [-0.2, -0.15) is 0 Å². The number of hydrazine groups is 1. The number of amides is 4. The molecule has 17 nitrogen and oxygen atoms in total. The van der Waals surface area contributed by atoms with Crippen molar-refractivity contribution in [1.29, 1.82) is 0 Å². The molecule has 2 aromatic carbocycles. The van der Waals surface area contributed by atoms with Gasteiger partial charge in [0.15, 0.2) is 0 Å². The highest BCUT2D eigenvalue weighted by molar-refractivity contribution is 5.96. The van der Waals surface area contributed by atoms with Gasteiger partial charge in [-0.1, -0.05) is 39.8 Å². The van der Waals surface area contributed by atoms with E-state index < -0.39 is 47.2 Å². The molecule has 5 heterocycles. The molecule has 70 heavy (non-hydrogen) atoms. The molecule has 0 spiro atoms. The third-order valence-corrected chi connectivity index (χ3v) is 13.9. The van der Waals surface area contributed by atoms with Crippen molar-refractivity contribution >= 4 is 40.5 Å². The molecule has 0 radical (unpaired) electrons. The summed E-state index contributed by atoms with van der Waals surface area (Å²) in [6.07, 6.45) is 3.72. The molecule has 3 aliphatic rings. The number of fused-ring (bicyclic) bond motifs is 6. The summed E-state index contributed by atoms with van der Waals surface area (Å²) in [5.74, 6) is -2.55. The number of carbonyl (C=O) groups excluding carboxylic acids is 5. The number of aromatic nitrogens is 2. The van der Waals surface area contributed by atoms with E-state index in [4.69, 9.17) is 19.2 Å². The minimum atomic E-state index is -1.19. The molecule has 0 aliphatic carbocycles. The number of hydrogen-bond acceptors (Lipinski definition) is 12. The van der Waals surface area contributed by atoms with Crippen LogP contribution >= 0.6 is 0 Å². The van der Waals surface area contributed by atoms with E-state index in [2.05, 4.69) is 54.3 Å². The summed E-state index contributed by atoms with van der Waals surface area (Å²) in [5.41, 5.74) is 9.48. The molecule has 3 N–H and O–H groups in total. The monoisotopic (exact) mass is 965 g/mol. The molecule has 6 bridgehead atoms. The summed E-state index contributed by atoms with van der Waals surface area (Å²) < 4.78 is 19.4. The summed E-state index contributed by atoms with van der Waals surface area (Å²) in [6, 6.07) is 12.1. The average Bonchev–Trinajstić information content (AvgIpc) is 4.05. The van der Waals surface area contributed by atoms with E-state index in [-0.39, 0.29) is 55.8 Å². The molecule has 378 valence electrons. The molecular formula is C53H72N8O9. The van der Waals surface area contributed by atoms with Gasteiger partial charge in [-0.15, -0.1) is 0 Å². The number of cyclic esters (lactones) is 1. The highest BCUT2D eigenvalue weighted by Gasteiger charge is 2.43. The second-order valence-electron chi connectivity index (χ2n) is 20.3. The summed E-state index contributed by atoms with van der Waals surface area (Å²) in [5, 5.41) is 16.7. The summed E-state index contributed by atoms with van der Waals surface area (Å²) >= 11 is 0. The zero-order valence-electron chi connectivity index (χ0n) is 42.5. The first-order chi connectivity index (χ1) is 33.4. The molecule has 17 heteroatoms. The number of nitrogens with one attached hydrogen (secondary N) is 2. The fourth-order valence-corrected chi connectivity index (χ4v) is 10.1. The first-order valence-corrected chi connectivity index (χ1v) is 24.6. The number of pyridine rings is 1. The lowest BCUT2D eigenvalue weighted by Crippen LogP contribution is -2.62. The standard InChI is InChI=1S/C53H72N8O9/c1-11-60-43-18-17-35-27-39(43)40(48(60)38-15-12-19-54-46(38)33(4)69-10)28-53(5,6)31-70-52(67)41-16-13-21-61(56-41)50(65)42(25-34-23-36(35)26-37(62)24-34)55-49(64)47(32(2)3)58(8)45(63)30-57(7)51(66)44-29-59(44)20-14-22-68-9/h12,15,17-19,23-24,26-27,32-33,41-42,44,47,56,62H,11,13-14,16,20-22,25,28-31H2,1-10H3,(H,55,64)/t33-,41-,42-,44-,47?,59?/m0/s1. The van der Waals surface area contributed by atoms with E-state index in [0.29, 0.717) is 50.1 Å². The minimum Gasteiger partial charge on any atom is -0.508 e. The molecule has 2 aromatic heterocycles. The van der Waals surface area contributed by atoms with Gasteiger partial charge >= 0.3 is 5.97 Å². The van der Waals surface area contributed by atoms with Gasteiger partial charge in [0.1, 0.15) is 29.9 Å². The number of aryl methyl sites for hydroxylation is 1. The quantitative estimate of drug-likeness (QED) is 0.0813. The van der Waals surface area contributed by atoms with Crippen LogP contribution in [-0.4, -0.2) is 156 Å². The van der Waals surface area contributed by atoms with E-state index in [1.54, 1.807) is 39.6 Å². The van der Waals surface area contributed by atoms with Crippen LogP contribution in [0.25, 0.3) is 33.3 Å². The highest BCUT2D eigenvalue weighted by atomic mass is 16.5. The molecule has 4 amide bonds. The van der Waals surface area contributed by atoms with Crippen LogP contribution in [0.5, 0.6) is 5.75 Å². The number of benzene rings is 2. The summed E-state index contributed by atoms with van der Waals surface area (Å²) in [4.78, 5) is 79.9. The van der Waals surface area contributed by atoms with Crippen molar-refractivity contribution in [1.82, 2.24) is 40.0 Å². The van der Waals surface area contributed by atoms with Crippen LogP contribution in [-0.2, 0) is 57.6 Å². The zero-order chi connectivity index (χ0) is 50.6. The maximum Gasteiger partial charge on any atom is 0.324 e. The van der Waals surface area contributed by atoms with Gasteiger partial charge in [-0.05, 0) is 104 Å². The number of rotatable bonds is 15. The Bertz CT molecular complexity index is 2580. The molecule has 7 rings (SSSR count). The Balaban J connectivity index is 1.24. The lowest BCUT2D eigenvalue weighted by Gasteiger charge is -2.37. The van der Waals surface area contributed by atoms with Gasteiger partial charge in [-0.3, -0.25) is 38.9 Å². The number of phenols is 1. The Hall–Kier alpha value is -5.88. The number of carbonyl (C=O) groups is 5. The van der Waals surface area contributed by atoms with Crippen molar-refractivity contribution < 1.29 is 43.3 Å². The van der Waals surface area contributed by atoms with Crippen molar-refractivity contribution in [3.8, 4) is 28.1 Å². The number of aromatic hydroxyl groups is 1. The lowest BCUT2D eigenvalue weighted by atomic mass is 9.84. The molecule has 2 saturated heterocycles. The van der Waals surface area contributed by atoms with E-state index in [1.165, 1.54) is 21.9 Å².